The summed E-state index contributed by atoms with van der Waals surface area (Å²) in [5.41, 5.74) is 1.90. The fraction of sp³-hybridized carbons (Fsp3) is 0.333. The van der Waals surface area contributed by atoms with Gasteiger partial charge in [0, 0.05) is 23.5 Å². The van der Waals surface area contributed by atoms with Crippen LogP contribution < -0.4 is 5.43 Å². The van der Waals surface area contributed by atoms with E-state index >= 15 is 0 Å². The maximum absolute atomic E-state index is 13.5. The third kappa shape index (κ3) is 3.13. The average Bonchev–Trinajstić information content (AvgIpc) is 2.55. The highest BCUT2D eigenvalue weighted by atomic mass is 19.4. The molecule has 3 aromatic rings. The van der Waals surface area contributed by atoms with E-state index in [0.29, 0.717) is 39.0 Å². The predicted molar refractivity (Wildman–Crippen MR) is 101 cm³/mol. The third-order valence-electron chi connectivity index (χ3n) is 5.18. The van der Waals surface area contributed by atoms with E-state index in [9.17, 15) is 18.0 Å². The summed E-state index contributed by atoms with van der Waals surface area (Å²) in [6.07, 6.45) is -2.74. The summed E-state index contributed by atoms with van der Waals surface area (Å²) >= 11 is 0. The molecule has 142 valence electrons. The SMILES string of the molecule is Cc1cc(C(C)(C)C(F)(F)F)c(C)cc1-c1cc(=O)c2c(C)nccc2[nH]1. The number of hydrogen-bond donors (Lipinski definition) is 1. The van der Waals surface area contributed by atoms with E-state index in [4.69, 9.17) is 0 Å². The highest BCUT2D eigenvalue weighted by molar-refractivity contribution is 5.83. The molecule has 2 heterocycles. The van der Waals surface area contributed by atoms with Gasteiger partial charge in [-0.25, -0.2) is 0 Å². The van der Waals surface area contributed by atoms with Crippen molar-refractivity contribution < 1.29 is 13.2 Å². The summed E-state index contributed by atoms with van der Waals surface area (Å²) in [7, 11) is 0. The molecule has 1 aromatic carbocycles. The highest BCUT2D eigenvalue weighted by Crippen LogP contribution is 2.43. The Kier molecular flexibility index (Phi) is 4.41. The van der Waals surface area contributed by atoms with E-state index in [-0.39, 0.29) is 11.0 Å². The van der Waals surface area contributed by atoms with Crippen LogP contribution in [0.5, 0.6) is 0 Å². The van der Waals surface area contributed by atoms with Gasteiger partial charge in [-0.05, 0) is 63.4 Å². The van der Waals surface area contributed by atoms with Gasteiger partial charge in [-0.1, -0.05) is 6.07 Å². The Morgan fingerprint density at radius 2 is 1.67 bits per heavy atom. The average molecular weight is 374 g/mol. The van der Waals surface area contributed by atoms with Crippen LogP contribution in [-0.4, -0.2) is 16.1 Å². The molecule has 0 amide bonds. The zero-order chi connectivity index (χ0) is 20.1. The third-order valence-corrected chi connectivity index (χ3v) is 5.18. The molecule has 27 heavy (non-hydrogen) atoms. The first-order valence-corrected chi connectivity index (χ1v) is 8.61. The van der Waals surface area contributed by atoms with E-state index in [1.165, 1.54) is 19.9 Å². The molecule has 0 atom stereocenters. The molecule has 0 spiro atoms. The standard InChI is InChI=1S/C21H21F3N2O/c1-11-9-15(20(4,5)21(22,23)24)12(2)8-14(11)17-10-18(27)19-13(3)25-7-6-16(19)26-17/h6-10H,1-5H3,(H,26,27). The van der Waals surface area contributed by atoms with Crippen LogP contribution in [0, 0.1) is 20.8 Å². The molecule has 0 aliphatic heterocycles. The first kappa shape index (κ1) is 19.1. The molecular weight excluding hydrogens is 353 g/mol. The topological polar surface area (TPSA) is 45.8 Å². The van der Waals surface area contributed by atoms with Gasteiger partial charge in [0.05, 0.1) is 22.0 Å². The van der Waals surface area contributed by atoms with Crippen molar-refractivity contribution in [1.82, 2.24) is 9.97 Å². The van der Waals surface area contributed by atoms with Crippen molar-refractivity contribution in [3.63, 3.8) is 0 Å². The Morgan fingerprint density at radius 1 is 1.00 bits per heavy atom. The first-order valence-electron chi connectivity index (χ1n) is 8.61. The lowest BCUT2D eigenvalue weighted by Gasteiger charge is -2.30. The van der Waals surface area contributed by atoms with Crippen molar-refractivity contribution in [2.75, 3.05) is 0 Å². The number of aromatic amines is 1. The number of pyridine rings is 2. The molecule has 0 bridgehead atoms. The molecule has 1 N–H and O–H groups in total. The lowest BCUT2D eigenvalue weighted by molar-refractivity contribution is -0.180. The molecule has 0 unspecified atom stereocenters. The lowest BCUT2D eigenvalue weighted by Crippen LogP contribution is -2.37. The van der Waals surface area contributed by atoms with Crippen molar-refractivity contribution in [2.24, 2.45) is 0 Å². The number of benzene rings is 1. The quantitative estimate of drug-likeness (QED) is 0.657. The van der Waals surface area contributed by atoms with Gasteiger partial charge in [-0.2, -0.15) is 13.2 Å². The summed E-state index contributed by atoms with van der Waals surface area (Å²) in [5, 5.41) is 0.519. The molecule has 0 saturated carbocycles. The van der Waals surface area contributed by atoms with Crippen molar-refractivity contribution in [3.8, 4) is 11.3 Å². The Labute approximate surface area is 155 Å². The van der Waals surface area contributed by atoms with Gasteiger partial charge in [0.25, 0.3) is 0 Å². The molecule has 0 fully saturated rings. The minimum atomic E-state index is -4.35. The van der Waals surface area contributed by atoms with Gasteiger partial charge < -0.3 is 4.98 Å². The number of nitrogens with zero attached hydrogens (tertiary/aromatic N) is 1. The van der Waals surface area contributed by atoms with Crippen LogP contribution in [0.15, 0.2) is 35.3 Å². The van der Waals surface area contributed by atoms with E-state index in [1.807, 2.05) is 0 Å². The largest absolute Gasteiger partial charge is 0.397 e. The normalized spacial score (nSPS) is 12.6. The van der Waals surface area contributed by atoms with Crippen LogP contribution in [-0.2, 0) is 5.41 Å². The van der Waals surface area contributed by atoms with Crippen molar-refractivity contribution in [2.45, 2.75) is 46.2 Å². The number of aromatic nitrogens is 2. The van der Waals surface area contributed by atoms with Crippen LogP contribution in [0.25, 0.3) is 22.2 Å². The minimum absolute atomic E-state index is 0.166. The second kappa shape index (κ2) is 6.22. The predicted octanol–water partition coefficient (Wildman–Crippen LogP) is 5.36. The second-order valence-electron chi connectivity index (χ2n) is 7.47. The van der Waals surface area contributed by atoms with Gasteiger partial charge in [0.15, 0.2) is 5.43 Å². The number of H-pyrrole nitrogens is 1. The van der Waals surface area contributed by atoms with Crippen molar-refractivity contribution in [1.29, 1.82) is 0 Å². The molecule has 0 aliphatic carbocycles. The minimum Gasteiger partial charge on any atom is -0.354 e. The van der Waals surface area contributed by atoms with E-state index in [2.05, 4.69) is 9.97 Å². The maximum Gasteiger partial charge on any atom is 0.397 e. The molecule has 0 saturated heterocycles. The number of nitrogens with one attached hydrogen (secondary N) is 1. The molecule has 0 aliphatic rings. The van der Waals surface area contributed by atoms with Crippen LogP contribution in [0.2, 0.25) is 0 Å². The fourth-order valence-electron chi connectivity index (χ4n) is 3.44. The maximum atomic E-state index is 13.5. The number of fused-ring (bicyclic) bond motifs is 1. The fourth-order valence-corrected chi connectivity index (χ4v) is 3.44. The van der Waals surface area contributed by atoms with Crippen LogP contribution in [0.3, 0.4) is 0 Å². The second-order valence-corrected chi connectivity index (χ2v) is 7.47. The van der Waals surface area contributed by atoms with Crippen LogP contribution in [0.1, 0.15) is 36.2 Å². The summed E-state index contributed by atoms with van der Waals surface area (Å²) in [5.74, 6) is 0. The van der Waals surface area contributed by atoms with Gasteiger partial charge in [-0.3, -0.25) is 9.78 Å². The smallest absolute Gasteiger partial charge is 0.354 e. The zero-order valence-corrected chi connectivity index (χ0v) is 15.9. The van der Waals surface area contributed by atoms with Crippen molar-refractivity contribution in [3.05, 3.63) is 63.1 Å². The Morgan fingerprint density at radius 3 is 2.30 bits per heavy atom. The number of hydrogen-bond acceptors (Lipinski definition) is 2. The summed E-state index contributed by atoms with van der Waals surface area (Å²) in [6, 6.07) is 6.48. The summed E-state index contributed by atoms with van der Waals surface area (Å²) < 4.78 is 40.4. The number of aryl methyl sites for hydroxylation is 3. The number of halogens is 3. The Hall–Kier alpha value is -2.63. The molecule has 3 nitrogen and oxygen atoms in total. The van der Waals surface area contributed by atoms with E-state index in [0.717, 1.165) is 0 Å². The van der Waals surface area contributed by atoms with E-state index in [1.54, 1.807) is 45.2 Å². The van der Waals surface area contributed by atoms with E-state index < -0.39 is 11.6 Å². The summed E-state index contributed by atoms with van der Waals surface area (Å²) in [6.45, 7) is 7.55. The van der Waals surface area contributed by atoms with Gasteiger partial charge >= 0.3 is 6.18 Å². The number of rotatable bonds is 2. The monoisotopic (exact) mass is 374 g/mol. The Bertz CT molecular complexity index is 1100. The highest BCUT2D eigenvalue weighted by Gasteiger charge is 2.49. The molecule has 2 aromatic heterocycles. The zero-order valence-electron chi connectivity index (χ0n) is 15.9. The lowest BCUT2D eigenvalue weighted by atomic mass is 9.79. The van der Waals surface area contributed by atoms with Crippen molar-refractivity contribution >= 4 is 10.9 Å². The first-order chi connectivity index (χ1) is 12.4. The van der Waals surface area contributed by atoms with Crippen LogP contribution in [0.4, 0.5) is 13.2 Å². The van der Waals surface area contributed by atoms with Gasteiger partial charge in [-0.15, -0.1) is 0 Å². The molecule has 6 heteroatoms. The van der Waals surface area contributed by atoms with Gasteiger partial charge in [0.2, 0.25) is 0 Å². The number of alkyl halides is 3. The van der Waals surface area contributed by atoms with Gasteiger partial charge in [0.1, 0.15) is 0 Å². The molecule has 3 rings (SSSR count). The molecule has 0 radical (unpaired) electrons. The van der Waals surface area contributed by atoms with Crippen LogP contribution >= 0.6 is 0 Å². The molecular formula is C21H21F3N2O. The Balaban J connectivity index is 2.22. The summed E-state index contributed by atoms with van der Waals surface area (Å²) in [4.78, 5) is 19.9.